The standard InChI is InChI=1S/C14H15ClF3N2/c1-4-6-20-9(3)19(5-2)13-8-11(15)10(7-12(13)20)14(16,17)18/h4,7-8H,1,5-6H2,2-3H3/q+1. The van der Waals surface area contributed by atoms with Gasteiger partial charge in [0.2, 0.25) is 0 Å². The summed E-state index contributed by atoms with van der Waals surface area (Å²) in [5.41, 5.74) is 0.406. The highest BCUT2D eigenvalue weighted by Crippen LogP contribution is 2.36. The van der Waals surface area contributed by atoms with E-state index in [0.29, 0.717) is 24.1 Å². The fourth-order valence-corrected chi connectivity index (χ4v) is 2.72. The highest BCUT2D eigenvalue weighted by molar-refractivity contribution is 6.32. The second-order valence-corrected chi connectivity index (χ2v) is 4.92. The molecule has 0 aliphatic heterocycles. The van der Waals surface area contributed by atoms with Crippen molar-refractivity contribution < 1.29 is 17.7 Å². The lowest BCUT2D eigenvalue weighted by Gasteiger charge is -2.08. The summed E-state index contributed by atoms with van der Waals surface area (Å²) in [4.78, 5) is 0. The number of imidazole rings is 1. The Morgan fingerprint density at radius 2 is 2.05 bits per heavy atom. The Labute approximate surface area is 120 Å². The van der Waals surface area contributed by atoms with E-state index >= 15 is 0 Å². The molecule has 0 N–H and O–H groups in total. The smallest absolute Gasteiger partial charge is 0.228 e. The number of alkyl halides is 3. The number of halogens is 4. The summed E-state index contributed by atoms with van der Waals surface area (Å²) >= 11 is 5.79. The van der Waals surface area contributed by atoms with Crippen molar-refractivity contribution in [3.63, 3.8) is 0 Å². The normalized spacial score (nSPS) is 12.1. The SMILES string of the molecule is C=CC[n+]1c(C)n(CC)c2cc(Cl)c(C(F)(F)F)cc21. The van der Waals surface area contributed by atoms with Gasteiger partial charge in [0.1, 0.15) is 6.54 Å². The molecule has 0 saturated carbocycles. The van der Waals surface area contributed by atoms with Gasteiger partial charge in [0.15, 0.2) is 11.0 Å². The zero-order chi connectivity index (χ0) is 15.1. The van der Waals surface area contributed by atoms with Crippen LogP contribution in [0.3, 0.4) is 0 Å². The number of hydrogen-bond donors (Lipinski definition) is 0. The van der Waals surface area contributed by atoms with Crippen molar-refractivity contribution >= 4 is 22.6 Å². The molecule has 2 aromatic rings. The highest BCUT2D eigenvalue weighted by Gasteiger charge is 2.35. The summed E-state index contributed by atoms with van der Waals surface area (Å²) in [5.74, 6) is 0.873. The van der Waals surface area contributed by atoms with Gasteiger partial charge in [0.05, 0.1) is 17.1 Å². The van der Waals surface area contributed by atoms with Gasteiger partial charge in [0.25, 0.3) is 5.82 Å². The van der Waals surface area contributed by atoms with E-state index in [2.05, 4.69) is 6.58 Å². The van der Waals surface area contributed by atoms with Gasteiger partial charge in [-0.05, 0) is 6.92 Å². The van der Waals surface area contributed by atoms with Gasteiger partial charge in [-0.2, -0.15) is 13.2 Å². The van der Waals surface area contributed by atoms with E-state index in [0.717, 1.165) is 11.9 Å². The van der Waals surface area contributed by atoms with E-state index in [1.807, 2.05) is 18.4 Å². The summed E-state index contributed by atoms with van der Waals surface area (Å²) in [5, 5.41) is -0.275. The predicted octanol–water partition coefficient (Wildman–Crippen LogP) is 4.12. The van der Waals surface area contributed by atoms with Crippen molar-refractivity contribution in [2.75, 3.05) is 0 Å². The zero-order valence-corrected chi connectivity index (χ0v) is 12.0. The number of aryl methyl sites for hydroxylation is 1. The van der Waals surface area contributed by atoms with Crippen molar-refractivity contribution in [2.24, 2.45) is 0 Å². The molecule has 0 unspecified atom stereocenters. The molecule has 0 fully saturated rings. The topological polar surface area (TPSA) is 8.81 Å². The number of fused-ring (bicyclic) bond motifs is 1. The molecule has 2 nitrogen and oxygen atoms in total. The van der Waals surface area contributed by atoms with Crippen molar-refractivity contribution in [1.29, 1.82) is 0 Å². The van der Waals surface area contributed by atoms with Gasteiger partial charge in [-0.25, -0.2) is 9.13 Å². The lowest BCUT2D eigenvalue weighted by Crippen LogP contribution is -2.35. The van der Waals surface area contributed by atoms with Crippen LogP contribution in [0.4, 0.5) is 13.2 Å². The molecule has 2 rings (SSSR count). The minimum atomic E-state index is -4.46. The second-order valence-electron chi connectivity index (χ2n) is 4.51. The Bertz CT molecular complexity index is 671. The van der Waals surface area contributed by atoms with Crippen LogP contribution in [0.1, 0.15) is 18.3 Å². The maximum atomic E-state index is 13.0. The third-order valence-corrected chi connectivity index (χ3v) is 3.67. The third-order valence-electron chi connectivity index (χ3n) is 3.36. The number of rotatable bonds is 3. The molecule has 0 spiro atoms. The fourth-order valence-electron chi connectivity index (χ4n) is 2.45. The molecule has 0 aliphatic rings. The van der Waals surface area contributed by atoms with E-state index < -0.39 is 11.7 Å². The first-order valence-corrected chi connectivity index (χ1v) is 6.59. The second kappa shape index (κ2) is 5.13. The Hall–Kier alpha value is -1.49. The monoisotopic (exact) mass is 303 g/mol. The quantitative estimate of drug-likeness (QED) is 0.596. The molecular formula is C14H15ClF3N2+. The Kier molecular flexibility index (Phi) is 3.82. The minimum Gasteiger partial charge on any atom is -0.228 e. The zero-order valence-electron chi connectivity index (χ0n) is 11.3. The molecule has 0 amide bonds. The van der Waals surface area contributed by atoms with E-state index in [4.69, 9.17) is 11.6 Å². The van der Waals surface area contributed by atoms with Crippen LogP contribution in [0, 0.1) is 6.92 Å². The fraction of sp³-hybridized carbons (Fsp3) is 0.357. The minimum absolute atomic E-state index is 0.275. The molecule has 0 aliphatic carbocycles. The molecule has 0 bridgehead atoms. The van der Waals surface area contributed by atoms with E-state index in [-0.39, 0.29) is 5.02 Å². The van der Waals surface area contributed by atoms with E-state index in [9.17, 15) is 13.2 Å². The van der Waals surface area contributed by atoms with E-state index in [1.165, 1.54) is 6.07 Å². The van der Waals surface area contributed by atoms with Gasteiger partial charge in [-0.3, -0.25) is 0 Å². The first kappa shape index (κ1) is 14.9. The number of benzene rings is 1. The molecule has 1 heterocycles. The van der Waals surface area contributed by atoms with Crippen LogP contribution in [0.25, 0.3) is 11.0 Å². The van der Waals surface area contributed by atoms with Crippen molar-refractivity contribution in [1.82, 2.24) is 4.57 Å². The van der Waals surface area contributed by atoms with E-state index in [1.54, 1.807) is 10.6 Å². The molecule has 20 heavy (non-hydrogen) atoms. The van der Waals surface area contributed by atoms with Gasteiger partial charge >= 0.3 is 6.18 Å². The Balaban J connectivity index is 2.85. The van der Waals surface area contributed by atoms with Crippen molar-refractivity contribution in [3.05, 3.63) is 41.2 Å². The van der Waals surface area contributed by atoms with Gasteiger partial charge in [-0.15, -0.1) is 0 Å². The average molecular weight is 304 g/mol. The molecule has 0 radical (unpaired) electrons. The third kappa shape index (κ3) is 2.30. The predicted molar refractivity (Wildman–Crippen MR) is 72.8 cm³/mol. The summed E-state index contributed by atoms with van der Waals surface area (Å²) in [6, 6.07) is 2.50. The van der Waals surface area contributed by atoms with Crippen LogP contribution in [-0.4, -0.2) is 4.57 Å². The average Bonchev–Trinajstić information content (AvgIpc) is 2.60. The van der Waals surface area contributed by atoms with Crippen molar-refractivity contribution in [3.8, 4) is 0 Å². The van der Waals surface area contributed by atoms with Crippen molar-refractivity contribution in [2.45, 2.75) is 33.1 Å². The summed E-state index contributed by atoms with van der Waals surface area (Å²) in [6.07, 6.45) is -2.80. The highest BCUT2D eigenvalue weighted by atomic mass is 35.5. The van der Waals surface area contributed by atoms with Crippen LogP contribution in [-0.2, 0) is 19.3 Å². The first-order valence-electron chi connectivity index (χ1n) is 6.21. The lowest BCUT2D eigenvalue weighted by molar-refractivity contribution is -0.668. The molecule has 1 aromatic carbocycles. The maximum absolute atomic E-state index is 13.0. The largest absolute Gasteiger partial charge is 0.418 e. The molecule has 6 heteroatoms. The Morgan fingerprint density at radius 3 is 2.55 bits per heavy atom. The lowest BCUT2D eigenvalue weighted by atomic mass is 10.2. The van der Waals surface area contributed by atoms with Gasteiger partial charge in [0, 0.05) is 19.1 Å². The molecule has 108 valence electrons. The number of nitrogens with zero attached hydrogens (tertiary/aromatic N) is 2. The molecule has 0 atom stereocenters. The van der Waals surface area contributed by atoms with Crippen LogP contribution in [0.2, 0.25) is 5.02 Å². The van der Waals surface area contributed by atoms with Gasteiger partial charge < -0.3 is 0 Å². The molecule has 0 saturated heterocycles. The number of allylic oxidation sites excluding steroid dienone is 1. The summed E-state index contributed by atoms with van der Waals surface area (Å²) in [6.45, 7) is 8.57. The summed E-state index contributed by atoms with van der Waals surface area (Å²) < 4.78 is 42.6. The van der Waals surface area contributed by atoms with Crippen LogP contribution in [0.5, 0.6) is 0 Å². The summed E-state index contributed by atoms with van der Waals surface area (Å²) in [7, 11) is 0. The van der Waals surface area contributed by atoms with Crippen LogP contribution >= 0.6 is 11.6 Å². The Morgan fingerprint density at radius 1 is 1.40 bits per heavy atom. The number of aromatic nitrogens is 2. The van der Waals surface area contributed by atoms with Gasteiger partial charge in [-0.1, -0.05) is 24.3 Å². The number of hydrogen-bond acceptors (Lipinski definition) is 0. The molecule has 1 aromatic heterocycles. The van der Waals surface area contributed by atoms with Crippen LogP contribution < -0.4 is 4.57 Å². The first-order chi connectivity index (χ1) is 9.31. The molecular weight excluding hydrogens is 289 g/mol. The maximum Gasteiger partial charge on any atom is 0.418 e. The van der Waals surface area contributed by atoms with Crippen LogP contribution in [0.15, 0.2) is 24.8 Å².